The van der Waals surface area contributed by atoms with Gasteiger partial charge in [-0.25, -0.2) is 0 Å². The molecule has 0 atom stereocenters. The van der Waals surface area contributed by atoms with Gasteiger partial charge in [-0.2, -0.15) is 0 Å². The van der Waals surface area contributed by atoms with E-state index in [9.17, 15) is 4.79 Å². The summed E-state index contributed by atoms with van der Waals surface area (Å²) in [7, 11) is 1.61. The van der Waals surface area contributed by atoms with Crippen LogP contribution in [0, 0.1) is 0 Å². The van der Waals surface area contributed by atoms with Gasteiger partial charge in [0.15, 0.2) is 0 Å². The van der Waals surface area contributed by atoms with Crippen LogP contribution in [0.1, 0.15) is 6.92 Å². The van der Waals surface area contributed by atoms with Crippen LogP contribution >= 0.6 is 0 Å². The molecule has 0 amide bonds. The van der Waals surface area contributed by atoms with Crippen molar-refractivity contribution >= 4 is 5.97 Å². The molecule has 0 unspecified atom stereocenters. The summed E-state index contributed by atoms with van der Waals surface area (Å²) in [4.78, 5) is 11.0. The zero-order valence-electron chi connectivity index (χ0n) is 8.88. The van der Waals surface area contributed by atoms with Crippen LogP contribution in [0.2, 0.25) is 0 Å². The maximum Gasteiger partial charge on any atom is 0.320 e. The van der Waals surface area contributed by atoms with Crippen molar-refractivity contribution in [2.45, 2.75) is 6.92 Å². The third kappa shape index (κ3) is 9.44. The van der Waals surface area contributed by atoms with Gasteiger partial charge in [0, 0.05) is 20.3 Å². The molecule has 0 saturated heterocycles. The second-order valence-corrected chi connectivity index (χ2v) is 2.59. The maximum absolute atomic E-state index is 11.0. The number of rotatable bonds is 9. The minimum absolute atomic E-state index is 0.218. The van der Waals surface area contributed by atoms with Gasteiger partial charge in [-0.3, -0.25) is 4.79 Å². The maximum atomic E-state index is 11.0. The van der Waals surface area contributed by atoms with Gasteiger partial charge in [0.1, 0.15) is 6.61 Å². The lowest BCUT2D eigenvalue weighted by Crippen LogP contribution is -2.28. The molecular formula is C9H19NO4. The first kappa shape index (κ1) is 13.4. The Bertz CT molecular complexity index is 127. The van der Waals surface area contributed by atoms with Gasteiger partial charge in [0.2, 0.25) is 0 Å². The summed E-state index contributed by atoms with van der Waals surface area (Å²) in [5, 5.41) is 2.89. The Hall–Kier alpha value is -0.650. The van der Waals surface area contributed by atoms with Crippen LogP contribution < -0.4 is 5.32 Å². The molecule has 5 heteroatoms. The van der Waals surface area contributed by atoms with Crippen LogP contribution in [-0.2, 0) is 19.0 Å². The lowest BCUT2D eigenvalue weighted by molar-refractivity contribution is -0.144. The molecule has 84 valence electrons. The van der Waals surface area contributed by atoms with Gasteiger partial charge in [0.05, 0.1) is 19.8 Å². The summed E-state index contributed by atoms with van der Waals surface area (Å²) in [6.45, 7) is 4.77. The quantitative estimate of drug-likeness (QED) is 0.417. The van der Waals surface area contributed by atoms with Crippen LogP contribution in [0.5, 0.6) is 0 Å². The van der Waals surface area contributed by atoms with Crippen molar-refractivity contribution in [2.75, 3.05) is 46.6 Å². The summed E-state index contributed by atoms with van der Waals surface area (Å²) >= 11 is 0. The van der Waals surface area contributed by atoms with Gasteiger partial charge in [-0.1, -0.05) is 0 Å². The molecule has 0 rings (SSSR count). The highest BCUT2D eigenvalue weighted by Crippen LogP contribution is 1.79. The first-order valence-corrected chi connectivity index (χ1v) is 4.74. The van der Waals surface area contributed by atoms with E-state index in [0.29, 0.717) is 33.0 Å². The van der Waals surface area contributed by atoms with E-state index in [4.69, 9.17) is 14.2 Å². The number of carbonyl (C=O) groups is 1. The predicted molar refractivity (Wildman–Crippen MR) is 52.2 cm³/mol. The second-order valence-electron chi connectivity index (χ2n) is 2.59. The van der Waals surface area contributed by atoms with Gasteiger partial charge in [-0.15, -0.1) is 0 Å². The Morgan fingerprint density at radius 1 is 1.29 bits per heavy atom. The summed E-state index contributed by atoms with van der Waals surface area (Å²) in [6.07, 6.45) is 0. The lowest BCUT2D eigenvalue weighted by atomic mass is 10.6. The predicted octanol–water partition coefficient (Wildman–Crippen LogP) is -0.198. The fourth-order valence-electron chi connectivity index (χ4n) is 0.774. The van der Waals surface area contributed by atoms with E-state index >= 15 is 0 Å². The van der Waals surface area contributed by atoms with Crippen LogP contribution in [0.3, 0.4) is 0 Å². The molecule has 0 aromatic carbocycles. The first-order chi connectivity index (χ1) is 6.81. The van der Waals surface area contributed by atoms with Crippen molar-refractivity contribution in [1.82, 2.24) is 5.32 Å². The monoisotopic (exact) mass is 205 g/mol. The second kappa shape index (κ2) is 10.4. The summed E-state index contributed by atoms with van der Waals surface area (Å²) in [5.74, 6) is -0.263. The van der Waals surface area contributed by atoms with Crippen LogP contribution in [0.4, 0.5) is 0 Å². The number of methoxy groups -OCH3 is 1. The normalized spacial score (nSPS) is 10.1. The Morgan fingerprint density at radius 2 is 2.07 bits per heavy atom. The molecule has 0 fully saturated rings. The molecule has 0 saturated carbocycles. The molecule has 1 N–H and O–H groups in total. The highest BCUT2D eigenvalue weighted by molar-refractivity contribution is 5.71. The van der Waals surface area contributed by atoms with E-state index in [2.05, 4.69) is 5.32 Å². The standard InChI is InChI=1S/C9H19NO4/c1-3-13-6-7-14-9(11)8-10-4-5-12-2/h10H,3-8H2,1-2H3. The van der Waals surface area contributed by atoms with Gasteiger partial charge in [0.25, 0.3) is 0 Å². The van der Waals surface area contributed by atoms with Crippen molar-refractivity contribution in [3.05, 3.63) is 0 Å². The van der Waals surface area contributed by atoms with E-state index < -0.39 is 0 Å². The zero-order chi connectivity index (χ0) is 10.6. The average Bonchev–Trinajstić information content (AvgIpc) is 2.19. The van der Waals surface area contributed by atoms with E-state index in [0.717, 1.165) is 0 Å². The van der Waals surface area contributed by atoms with E-state index in [1.807, 2.05) is 6.92 Å². The van der Waals surface area contributed by atoms with Crippen molar-refractivity contribution in [2.24, 2.45) is 0 Å². The van der Waals surface area contributed by atoms with Crippen molar-refractivity contribution in [3.8, 4) is 0 Å². The molecule has 0 aliphatic carbocycles. The summed E-state index contributed by atoms with van der Waals surface area (Å²) in [6, 6.07) is 0. The Kier molecular flexibility index (Phi) is 9.95. The molecule has 0 radical (unpaired) electrons. The SMILES string of the molecule is CCOCCOC(=O)CNCCOC. The number of nitrogens with one attached hydrogen (secondary N) is 1. The molecule has 0 aliphatic rings. The number of esters is 1. The van der Waals surface area contributed by atoms with Gasteiger partial charge >= 0.3 is 5.97 Å². The highest BCUT2D eigenvalue weighted by atomic mass is 16.6. The minimum Gasteiger partial charge on any atom is -0.462 e. The first-order valence-electron chi connectivity index (χ1n) is 4.74. The Balaban J connectivity index is 3.11. The molecule has 0 aromatic heterocycles. The van der Waals surface area contributed by atoms with Gasteiger partial charge < -0.3 is 19.5 Å². The average molecular weight is 205 g/mol. The largest absolute Gasteiger partial charge is 0.462 e. The topological polar surface area (TPSA) is 56.8 Å². The van der Waals surface area contributed by atoms with E-state index in [1.165, 1.54) is 0 Å². The van der Waals surface area contributed by atoms with Gasteiger partial charge in [-0.05, 0) is 6.92 Å². The van der Waals surface area contributed by atoms with Crippen molar-refractivity contribution < 1.29 is 19.0 Å². The fourth-order valence-corrected chi connectivity index (χ4v) is 0.774. The van der Waals surface area contributed by atoms with E-state index in [-0.39, 0.29) is 12.5 Å². The lowest BCUT2D eigenvalue weighted by Gasteiger charge is -2.05. The van der Waals surface area contributed by atoms with Crippen LogP contribution in [-0.4, -0.2) is 52.6 Å². The third-order valence-electron chi connectivity index (χ3n) is 1.45. The molecule has 0 aliphatic heterocycles. The summed E-state index contributed by atoms with van der Waals surface area (Å²) < 4.78 is 14.7. The number of hydrogen-bond donors (Lipinski definition) is 1. The number of carbonyl (C=O) groups excluding carboxylic acids is 1. The third-order valence-corrected chi connectivity index (χ3v) is 1.45. The molecular weight excluding hydrogens is 186 g/mol. The molecule has 5 nitrogen and oxygen atoms in total. The highest BCUT2D eigenvalue weighted by Gasteiger charge is 2.00. The molecule has 0 heterocycles. The Morgan fingerprint density at radius 3 is 2.71 bits per heavy atom. The smallest absolute Gasteiger partial charge is 0.320 e. The zero-order valence-corrected chi connectivity index (χ0v) is 8.88. The van der Waals surface area contributed by atoms with E-state index in [1.54, 1.807) is 7.11 Å². The molecule has 0 spiro atoms. The Labute approximate surface area is 84.7 Å². The number of hydrogen-bond acceptors (Lipinski definition) is 5. The minimum atomic E-state index is -0.263. The summed E-state index contributed by atoms with van der Waals surface area (Å²) in [5.41, 5.74) is 0. The van der Waals surface area contributed by atoms with Crippen molar-refractivity contribution in [3.63, 3.8) is 0 Å². The van der Waals surface area contributed by atoms with Crippen LogP contribution in [0.25, 0.3) is 0 Å². The van der Waals surface area contributed by atoms with Crippen LogP contribution in [0.15, 0.2) is 0 Å². The number of ether oxygens (including phenoxy) is 3. The molecule has 0 bridgehead atoms. The van der Waals surface area contributed by atoms with Crippen molar-refractivity contribution in [1.29, 1.82) is 0 Å². The molecule has 14 heavy (non-hydrogen) atoms. The molecule has 0 aromatic rings. The fraction of sp³-hybridized carbons (Fsp3) is 0.889.